The number of benzene rings is 1. The highest BCUT2D eigenvalue weighted by Crippen LogP contribution is 2.17. The Morgan fingerprint density at radius 1 is 1.44 bits per heavy atom. The molecule has 18 heavy (non-hydrogen) atoms. The van der Waals surface area contributed by atoms with Gasteiger partial charge in [-0.2, -0.15) is 0 Å². The molecular formula is C12H14FNO4. The maximum atomic E-state index is 13.4. The van der Waals surface area contributed by atoms with Gasteiger partial charge in [-0.3, -0.25) is 4.79 Å². The smallest absolute Gasteiger partial charge is 0.394 e. The molecule has 0 spiro atoms. The number of nitrogens with zero attached hydrogens (tertiary/aromatic N) is 1. The molecule has 98 valence electrons. The molecule has 1 amide bonds. The molecule has 0 aliphatic carbocycles. The van der Waals surface area contributed by atoms with Crippen LogP contribution in [0.4, 0.5) is 4.39 Å². The average Bonchev–Trinajstić information content (AvgIpc) is 2.35. The number of hydrogen-bond acceptors (Lipinski definition) is 3. The molecule has 0 bridgehead atoms. The minimum absolute atomic E-state index is 0.147. The van der Waals surface area contributed by atoms with Crippen LogP contribution >= 0.6 is 0 Å². The lowest BCUT2D eigenvalue weighted by molar-refractivity contribution is -0.155. The van der Waals surface area contributed by atoms with Crippen molar-refractivity contribution >= 4 is 11.9 Å². The minimum Gasteiger partial charge on any atom is -0.494 e. The van der Waals surface area contributed by atoms with Crippen LogP contribution < -0.4 is 4.74 Å². The Morgan fingerprint density at radius 2 is 2.11 bits per heavy atom. The van der Waals surface area contributed by atoms with E-state index in [-0.39, 0.29) is 12.3 Å². The van der Waals surface area contributed by atoms with Crippen LogP contribution in [0.1, 0.15) is 5.56 Å². The average molecular weight is 255 g/mol. The van der Waals surface area contributed by atoms with Gasteiger partial charge in [0.25, 0.3) is 0 Å². The predicted octanol–water partition coefficient (Wildman–Crippen LogP) is 0.920. The number of amides is 1. The highest BCUT2D eigenvalue weighted by atomic mass is 19.1. The van der Waals surface area contributed by atoms with Crippen LogP contribution in [-0.2, 0) is 16.0 Å². The zero-order valence-electron chi connectivity index (χ0n) is 10.1. The van der Waals surface area contributed by atoms with E-state index in [1.165, 1.54) is 26.3 Å². The molecule has 1 aromatic rings. The third-order valence-corrected chi connectivity index (χ3v) is 2.48. The summed E-state index contributed by atoms with van der Waals surface area (Å²) in [5.74, 6) is -2.82. The first kappa shape index (κ1) is 14.0. The summed E-state index contributed by atoms with van der Waals surface area (Å²) in [5.41, 5.74) is 0.665. The van der Waals surface area contributed by atoms with Gasteiger partial charge in [0.2, 0.25) is 0 Å². The quantitative estimate of drug-likeness (QED) is 0.812. The van der Waals surface area contributed by atoms with Crippen molar-refractivity contribution in [3.63, 3.8) is 0 Å². The van der Waals surface area contributed by atoms with Crippen molar-refractivity contribution in [2.24, 2.45) is 0 Å². The van der Waals surface area contributed by atoms with E-state index in [2.05, 4.69) is 0 Å². The van der Waals surface area contributed by atoms with E-state index in [9.17, 15) is 14.0 Å². The molecule has 1 rings (SSSR count). The Morgan fingerprint density at radius 3 is 2.61 bits per heavy atom. The summed E-state index contributed by atoms with van der Waals surface area (Å²) in [6, 6.07) is 4.46. The van der Waals surface area contributed by atoms with Crippen molar-refractivity contribution in [2.75, 3.05) is 20.7 Å². The van der Waals surface area contributed by atoms with E-state index in [4.69, 9.17) is 9.84 Å². The Kier molecular flexibility index (Phi) is 4.65. The zero-order valence-corrected chi connectivity index (χ0v) is 10.1. The highest BCUT2D eigenvalue weighted by molar-refractivity contribution is 6.31. The van der Waals surface area contributed by atoms with Crippen LogP contribution in [0.3, 0.4) is 0 Å². The first-order valence-electron chi connectivity index (χ1n) is 5.26. The Hall–Kier alpha value is -2.11. The molecule has 1 N–H and O–H groups in total. The maximum Gasteiger partial charge on any atom is 0.394 e. The highest BCUT2D eigenvalue weighted by Gasteiger charge is 2.16. The molecule has 0 aliphatic rings. The van der Waals surface area contributed by atoms with E-state index in [1.54, 1.807) is 6.07 Å². The van der Waals surface area contributed by atoms with E-state index in [0.717, 1.165) is 4.90 Å². The number of carbonyl (C=O) groups excluding carboxylic acids is 1. The molecule has 1 aromatic carbocycles. The second-order valence-electron chi connectivity index (χ2n) is 3.75. The molecule has 5 nitrogen and oxygen atoms in total. The van der Waals surface area contributed by atoms with Crippen LogP contribution in [0.2, 0.25) is 0 Å². The molecule has 0 radical (unpaired) electrons. The van der Waals surface area contributed by atoms with Crippen LogP contribution in [0.15, 0.2) is 18.2 Å². The molecule has 0 heterocycles. The second kappa shape index (κ2) is 6.00. The molecule has 0 atom stereocenters. The third-order valence-electron chi connectivity index (χ3n) is 2.48. The lowest BCUT2D eigenvalue weighted by Crippen LogP contribution is -2.34. The van der Waals surface area contributed by atoms with Gasteiger partial charge in [-0.05, 0) is 24.1 Å². The molecule has 0 unspecified atom stereocenters. The fraction of sp³-hybridized carbons (Fsp3) is 0.333. The van der Waals surface area contributed by atoms with Crippen molar-refractivity contribution in [3.8, 4) is 5.75 Å². The van der Waals surface area contributed by atoms with Crippen molar-refractivity contribution in [2.45, 2.75) is 6.42 Å². The van der Waals surface area contributed by atoms with E-state index in [0.29, 0.717) is 12.0 Å². The SMILES string of the molecule is COc1ccc(CCN(C)C(=O)C(=O)O)cc1F. The van der Waals surface area contributed by atoms with E-state index < -0.39 is 17.7 Å². The molecule has 0 saturated carbocycles. The van der Waals surface area contributed by atoms with Crippen molar-refractivity contribution in [3.05, 3.63) is 29.6 Å². The maximum absolute atomic E-state index is 13.4. The number of ether oxygens (including phenoxy) is 1. The van der Waals surface area contributed by atoms with Crippen LogP contribution in [0.5, 0.6) is 5.75 Å². The standard InChI is InChI=1S/C12H14FNO4/c1-14(11(15)12(16)17)6-5-8-3-4-10(18-2)9(13)7-8/h3-4,7H,5-6H2,1-2H3,(H,16,17). The predicted molar refractivity (Wildman–Crippen MR) is 61.9 cm³/mol. The van der Waals surface area contributed by atoms with Gasteiger partial charge in [0, 0.05) is 13.6 Å². The minimum atomic E-state index is -1.50. The van der Waals surface area contributed by atoms with Gasteiger partial charge in [-0.15, -0.1) is 0 Å². The molecule has 0 saturated heterocycles. The lowest BCUT2D eigenvalue weighted by Gasteiger charge is -2.14. The molecule has 6 heteroatoms. The van der Waals surface area contributed by atoms with Gasteiger partial charge in [0.15, 0.2) is 11.6 Å². The number of aliphatic carboxylic acids is 1. The number of halogens is 1. The largest absolute Gasteiger partial charge is 0.494 e. The lowest BCUT2D eigenvalue weighted by atomic mass is 10.1. The fourth-order valence-corrected chi connectivity index (χ4v) is 1.43. The number of rotatable bonds is 4. The van der Waals surface area contributed by atoms with Crippen molar-refractivity contribution in [1.29, 1.82) is 0 Å². The summed E-state index contributed by atoms with van der Waals surface area (Å²) in [4.78, 5) is 22.6. The third kappa shape index (κ3) is 3.44. The monoisotopic (exact) mass is 255 g/mol. The second-order valence-corrected chi connectivity index (χ2v) is 3.75. The first-order chi connectivity index (χ1) is 8.45. The van der Waals surface area contributed by atoms with Crippen molar-refractivity contribution in [1.82, 2.24) is 4.90 Å². The first-order valence-corrected chi connectivity index (χ1v) is 5.26. The summed E-state index contributed by atoms with van der Waals surface area (Å²) >= 11 is 0. The van der Waals surface area contributed by atoms with Crippen LogP contribution in [-0.4, -0.2) is 42.6 Å². The van der Waals surface area contributed by atoms with Crippen LogP contribution in [0, 0.1) is 5.82 Å². The summed E-state index contributed by atoms with van der Waals surface area (Å²) < 4.78 is 18.1. The number of methoxy groups -OCH3 is 1. The molecule has 0 aromatic heterocycles. The van der Waals surface area contributed by atoms with Gasteiger partial charge in [-0.25, -0.2) is 9.18 Å². The van der Waals surface area contributed by atoms with Gasteiger partial charge >= 0.3 is 11.9 Å². The Labute approximate surface area is 104 Å². The van der Waals surface area contributed by atoms with Gasteiger partial charge in [0.05, 0.1) is 7.11 Å². The van der Waals surface area contributed by atoms with Gasteiger partial charge in [-0.1, -0.05) is 6.07 Å². The summed E-state index contributed by atoms with van der Waals surface area (Å²) in [6.07, 6.45) is 0.371. The van der Waals surface area contributed by atoms with Crippen LogP contribution in [0.25, 0.3) is 0 Å². The van der Waals surface area contributed by atoms with E-state index >= 15 is 0 Å². The zero-order chi connectivity index (χ0) is 13.7. The van der Waals surface area contributed by atoms with Gasteiger partial charge < -0.3 is 14.7 Å². The summed E-state index contributed by atoms with van der Waals surface area (Å²) in [7, 11) is 2.76. The molecule has 0 fully saturated rings. The van der Waals surface area contributed by atoms with E-state index in [1.807, 2.05) is 0 Å². The Bertz CT molecular complexity index is 461. The molecule has 0 aliphatic heterocycles. The normalized spacial score (nSPS) is 9.94. The molecular weight excluding hydrogens is 241 g/mol. The topological polar surface area (TPSA) is 66.8 Å². The van der Waals surface area contributed by atoms with Gasteiger partial charge in [0.1, 0.15) is 0 Å². The number of hydrogen-bond donors (Lipinski definition) is 1. The number of carboxylic acid groups (broad SMARTS) is 1. The number of likely N-dealkylation sites (N-methyl/N-ethyl adjacent to an activating group) is 1. The number of carboxylic acids is 1. The number of carbonyl (C=O) groups is 2. The van der Waals surface area contributed by atoms with Crippen molar-refractivity contribution < 1.29 is 23.8 Å². The Balaban J connectivity index is 2.61. The fourth-order valence-electron chi connectivity index (χ4n) is 1.43. The summed E-state index contributed by atoms with van der Waals surface area (Å²) in [6.45, 7) is 0.205. The summed E-state index contributed by atoms with van der Waals surface area (Å²) in [5, 5.41) is 8.49.